The highest BCUT2D eigenvalue weighted by atomic mass is 16.4. The lowest BCUT2D eigenvalue weighted by atomic mass is 9.93. The molecule has 2 aromatic carbocycles. The number of carbonyl (C=O) groups is 1. The van der Waals surface area contributed by atoms with Gasteiger partial charge in [-0.15, -0.1) is 0 Å². The number of aromatic nitrogens is 1. The number of rotatable bonds is 5. The highest BCUT2D eigenvalue weighted by molar-refractivity contribution is 6.03. The van der Waals surface area contributed by atoms with Crippen molar-refractivity contribution in [1.82, 2.24) is 15.2 Å². The van der Waals surface area contributed by atoms with Crippen LogP contribution in [-0.4, -0.2) is 61.7 Å². The second-order valence-corrected chi connectivity index (χ2v) is 9.46. The van der Waals surface area contributed by atoms with E-state index in [2.05, 4.69) is 47.4 Å². The Morgan fingerprint density at radius 3 is 2.65 bits per heavy atom. The Hall–Kier alpha value is -3.57. The van der Waals surface area contributed by atoms with E-state index in [-0.39, 0.29) is 18.1 Å². The maximum absolute atomic E-state index is 11.4. The minimum atomic E-state index is -0.0387. The molecule has 3 heterocycles. The molecule has 2 saturated heterocycles. The van der Waals surface area contributed by atoms with Gasteiger partial charge in [-0.1, -0.05) is 30.3 Å². The first-order valence-electron chi connectivity index (χ1n) is 11.8. The number of benzene rings is 2. The summed E-state index contributed by atoms with van der Waals surface area (Å²) in [7, 11) is 4.21. The van der Waals surface area contributed by atoms with Crippen LogP contribution in [0.15, 0.2) is 34.7 Å². The van der Waals surface area contributed by atoms with Crippen LogP contribution in [0.5, 0.6) is 0 Å². The Bertz CT molecular complexity index is 1270. The second kappa shape index (κ2) is 8.65. The summed E-state index contributed by atoms with van der Waals surface area (Å²) in [5.41, 5.74) is 5.83. The number of oxazole rings is 1. The van der Waals surface area contributed by atoms with E-state index in [1.165, 1.54) is 6.92 Å². The van der Waals surface area contributed by atoms with Gasteiger partial charge in [0.15, 0.2) is 5.58 Å². The molecule has 0 unspecified atom stereocenters. The molecule has 1 N–H and O–H groups in total. The van der Waals surface area contributed by atoms with E-state index in [9.17, 15) is 10.1 Å². The molecule has 34 heavy (non-hydrogen) atoms. The molecule has 8 heteroatoms. The summed E-state index contributed by atoms with van der Waals surface area (Å²) in [6.07, 6.45) is 2.39. The minimum absolute atomic E-state index is 0.0387. The highest BCUT2D eigenvalue weighted by Gasteiger charge is 2.36. The molecule has 8 nitrogen and oxygen atoms in total. The van der Waals surface area contributed by atoms with Gasteiger partial charge in [0, 0.05) is 32.1 Å². The third-order valence-corrected chi connectivity index (χ3v) is 6.89. The molecule has 0 bridgehead atoms. The number of nitriles is 1. The van der Waals surface area contributed by atoms with Crippen LogP contribution in [0, 0.1) is 18.3 Å². The summed E-state index contributed by atoms with van der Waals surface area (Å²) in [5.74, 6) is -0.0387. The minimum Gasteiger partial charge on any atom is -0.421 e. The zero-order valence-electron chi connectivity index (χ0n) is 20.1. The maximum Gasteiger partial charge on any atom is 0.298 e. The van der Waals surface area contributed by atoms with Crippen molar-refractivity contribution in [2.24, 2.45) is 0 Å². The predicted molar refractivity (Wildman–Crippen MR) is 133 cm³/mol. The van der Waals surface area contributed by atoms with E-state index in [1.54, 1.807) is 0 Å². The van der Waals surface area contributed by atoms with Crippen LogP contribution in [0.2, 0.25) is 0 Å². The Balaban J connectivity index is 1.70. The van der Waals surface area contributed by atoms with Crippen molar-refractivity contribution < 1.29 is 9.21 Å². The molecule has 2 aliphatic heterocycles. The monoisotopic (exact) mass is 458 g/mol. The van der Waals surface area contributed by atoms with E-state index in [0.29, 0.717) is 35.8 Å². The lowest BCUT2D eigenvalue weighted by Gasteiger charge is -2.38. The van der Waals surface area contributed by atoms with Gasteiger partial charge < -0.3 is 19.5 Å². The first-order valence-corrected chi connectivity index (χ1v) is 11.8. The lowest BCUT2D eigenvalue weighted by molar-refractivity contribution is -0.119. The third-order valence-electron chi connectivity index (χ3n) is 6.89. The van der Waals surface area contributed by atoms with E-state index in [4.69, 9.17) is 9.40 Å². The first-order chi connectivity index (χ1) is 16.4. The van der Waals surface area contributed by atoms with Crippen LogP contribution >= 0.6 is 0 Å². The van der Waals surface area contributed by atoms with Crippen molar-refractivity contribution in [1.29, 1.82) is 5.26 Å². The van der Waals surface area contributed by atoms with Crippen LogP contribution in [0.4, 0.5) is 11.7 Å². The number of fused-ring (bicyclic) bond motifs is 1. The standard InChI is InChI=1S/C26H30N6O2/c1-16-20(13-27)23-25(34-26(29-23)31-14-19(15-31)28-17(2)33)24(22(16)18-9-6-5-7-10-18)32-12-8-11-21(32)30(3)4/h5-7,9-10,19,21H,8,11-12,14-15H2,1-4H3,(H,28,33)/t21-/m0/s1. The molecule has 5 rings (SSSR count). The number of hydrogen-bond donors (Lipinski definition) is 1. The van der Waals surface area contributed by atoms with Crippen molar-refractivity contribution in [3.63, 3.8) is 0 Å². The fourth-order valence-corrected chi connectivity index (χ4v) is 5.30. The van der Waals surface area contributed by atoms with Gasteiger partial charge in [0.1, 0.15) is 11.6 Å². The van der Waals surface area contributed by atoms with Gasteiger partial charge >= 0.3 is 0 Å². The molecule has 1 atom stereocenters. The normalized spacial score (nSPS) is 18.4. The quantitative estimate of drug-likeness (QED) is 0.626. The lowest BCUT2D eigenvalue weighted by Crippen LogP contribution is -2.59. The van der Waals surface area contributed by atoms with Crippen molar-refractivity contribution in [2.45, 2.75) is 38.9 Å². The molecule has 0 radical (unpaired) electrons. The number of hydrogen-bond acceptors (Lipinski definition) is 7. The fourth-order valence-electron chi connectivity index (χ4n) is 5.30. The molecule has 1 aromatic heterocycles. The Morgan fingerprint density at radius 1 is 1.26 bits per heavy atom. The van der Waals surface area contributed by atoms with Crippen LogP contribution in [0.3, 0.4) is 0 Å². The third kappa shape index (κ3) is 3.66. The molecular weight excluding hydrogens is 428 g/mol. The number of nitrogens with one attached hydrogen (secondary N) is 1. The topological polar surface area (TPSA) is 88.6 Å². The number of anilines is 2. The van der Waals surface area contributed by atoms with E-state index in [1.807, 2.05) is 30.0 Å². The summed E-state index contributed by atoms with van der Waals surface area (Å²) in [4.78, 5) is 22.8. The van der Waals surface area contributed by atoms with Gasteiger partial charge in [0.05, 0.1) is 23.5 Å². The molecule has 0 aliphatic carbocycles. The van der Waals surface area contributed by atoms with Crippen molar-refractivity contribution in [2.75, 3.05) is 43.5 Å². The molecule has 2 fully saturated rings. The molecule has 0 spiro atoms. The Labute approximate surface area is 199 Å². The van der Waals surface area contributed by atoms with Crippen LogP contribution < -0.4 is 15.1 Å². The van der Waals surface area contributed by atoms with Gasteiger partial charge in [-0.3, -0.25) is 9.69 Å². The maximum atomic E-state index is 11.4. The summed E-state index contributed by atoms with van der Waals surface area (Å²) >= 11 is 0. The van der Waals surface area contributed by atoms with Gasteiger partial charge in [-0.2, -0.15) is 10.2 Å². The fraction of sp³-hybridized carbons (Fsp3) is 0.423. The van der Waals surface area contributed by atoms with Crippen molar-refractivity contribution in [3.8, 4) is 17.2 Å². The number of carbonyl (C=O) groups excluding carboxylic acids is 1. The predicted octanol–water partition coefficient (Wildman–Crippen LogP) is 3.49. The summed E-state index contributed by atoms with van der Waals surface area (Å²) < 4.78 is 6.45. The van der Waals surface area contributed by atoms with Crippen LogP contribution in [-0.2, 0) is 4.79 Å². The molecular formula is C26H30N6O2. The molecule has 0 saturated carbocycles. The SMILES string of the molecule is CC(=O)NC1CN(c2nc3c(C#N)c(C)c(-c4ccccc4)c(N4CCC[C@H]4N(C)C)c3o2)C1. The Morgan fingerprint density at radius 2 is 2.00 bits per heavy atom. The van der Waals surface area contributed by atoms with Gasteiger partial charge in [-0.05, 0) is 45.0 Å². The number of amides is 1. The van der Waals surface area contributed by atoms with E-state index < -0.39 is 0 Å². The average Bonchev–Trinajstić information content (AvgIpc) is 3.43. The van der Waals surface area contributed by atoms with Gasteiger partial charge in [-0.25, -0.2) is 0 Å². The summed E-state index contributed by atoms with van der Waals surface area (Å²) in [6, 6.07) is 13.2. The average molecular weight is 459 g/mol. The zero-order chi connectivity index (χ0) is 24.0. The van der Waals surface area contributed by atoms with Crippen molar-refractivity contribution >= 4 is 28.7 Å². The van der Waals surface area contributed by atoms with Gasteiger partial charge in [0.2, 0.25) is 5.91 Å². The summed E-state index contributed by atoms with van der Waals surface area (Å²) in [5, 5.41) is 13.1. The molecule has 176 valence electrons. The second-order valence-electron chi connectivity index (χ2n) is 9.46. The van der Waals surface area contributed by atoms with Crippen LogP contribution in [0.1, 0.15) is 30.9 Å². The molecule has 2 aliphatic rings. The Kier molecular flexibility index (Phi) is 5.66. The number of nitrogens with zero attached hydrogens (tertiary/aromatic N) is 5. The van der Waals surface area contributed by atoms with E-state index in [0.717, 1.165) is 41.8 Å². The van der Waals surface area contributed by atoms with Crippen molar-refractivity contribution in [3.05, 3.63) is 41.5 Å². The molecule has 1 amide bonds. The van der Waals surface area contributed by atoms with E-state index >= 15 is 0 Å². The molecule has 3 aromatic rings. The first kappa shape index (κ1) is 22.2. The summed E-state index contributed by atoms with van der Waals surface area (Å²) in [6.45, 7) is 5.72. The highest BCUT2D eigenvalue weighted by Crippen LogP contribution is 2.46. The van der Waals surface area contributed by atoms with Gasteiger partial charge in [0.25, 0.3) is 6.01 Å². The van der Waals surface area contributed by atoms with Crippen LogP contribution in [0.25, 0.3) is 22.2 Å². The largest absolute Gasteiger partial charge is 0.421 e. The smallest absolute Gasteiger partial charge is 0.298 e. The zero-order valence-corrected chi connectivity index (χ0v) is 20.1.